The van der Waals surface area contributed by atoms with Crippen molar-refractivity contribution in [2.24, 2.45) is 0 Å². The first-order chi connectivity index (χ1) is 11.9. The highest BCUT2D eigenvalue weighted by molar-refractivity contribution is 9.10. The lowest BCUT2D eigenvalue weighted by Crippen LogP contribution is -2.15. The maximum Gasteiger partial charge on any atom is 0.337 e. The second-order valence-electron chi connectivity index (χ2n) is 5.72. The summed E-state index contributed by atoms with van der Waals surface area (Å²) in [4.78, 5) is 35.4. The van der Waals surface area contributed by atoms with Crippen LogP contribution in [0.4, 0.5) is 11.4 Å². The van der Waals surface area contributed by atoms with Gasteiger partial charge in [0.2, 0.25) is 5.91 Å². The lowest BCUT2D eigenvalue weighted by molar-refractivity contribution is -0.116. The van der Waals surface area contributed by atoms with Crippen molar-refractivity contribution in [2.75, 3.05) is 10.6 Å². The van der Waals surface area contributed by atoms with Gasteiger partial charge in [0.15, 0.2) is 0 Å². The van der Waals surface area contributed by atoms with E-state index in [1.807, 2.05) is 0 Å². The number of amides is 2. The molecule has 7 heteroatoms. The van der Waals surface area contributed by atoms with Crippen LogP contribution in [0, 0.1) is 0 Å². The number of anilines is 2. The van der Waals surface area contributed by atoms with Crippen molar-refractivity contribution in [1.82, 2.24) is 0 Å². The molecule has 0 aromatic heterocycles. The Labute approximate surface area is 152 Å². The van der Waals surface area contributed by atoms with E-state index in [4.69, 9.17) is 0 Å². The number of aryl methyl sites for hydroxylation is 1. The van der Waals surface area contributed by atoms with Crippen molar-refractivity contribution in [1.29, 1.82) is 0 Å². The van der Waals surface area contributed by atoms with Crippen LogP contribution < -0.4 is 10.6 Å². The van der Waals surface area contributed by atoms with Crippen molar-refractivity contribution in [3.05, 3.63) is 57.6 Å². The minimum atomic E-state index is -1.12. The van der Waals surface area contributed by atoms with Gasteiger partial charge in [-0.2, -0.15) is 0 Å². The largest absolute Gasteiger partial charge is 0.478 e. The summed E-state index contributed by atoms with van der Waals surface area (Å²) in [6.45, 7) is 0. The molecule has 1 heterocycles. The summed E-state index contributed by atoms with van der Waals surface area (Å²) in [7, 11) is 0. The van der Waals surface area contributed by atoms with Crippen LogP contribution in [0.25, 0.3) is 0 Å². The van der Waals surface area contributed by atoms with E-state index in [0.717, 1.165) is 12.0 Å². The molecule has 0 bridgehead atoms. The third kappa shape index (κ3) is 3.88. The van der Waals surface area contributed by atoms with E-state index in [2.05, 4.69) is 26.6 Å². The van der Waals surface area contributed by atoms with Crippen LogP contribution in [-0.4, -0.2) is 22.9 Å². The summed E-state index contributed by atoms with van der Waals surface area (Å²) in [5.74, 6) is -1.55. The molecule has 128 valence electrons. The molecule has 6 nitrogen and oxygen atoms in total. The number of aromatic carboxylic acids is 1. The summed E-state index contributed by atoms with van der Waals surface area (Å²) < 4.78 is 0.615. The molecule has 2 amide bonds. The van der Waals surface area contributed by atoms with Crippen LogP contribution in [0.2, 0.25) is 0 Å². The number of halogens is 1. The molecule has 0 spiro atoms. The first-order valence-electron chi connectivity index (χ1n) is 7.71. The van der Waals surface area contributed by atoms with Gasteiger partial charge in [-0.1, -0.05) is 15.9 Å². The number of carbonyl (C=O) groups excluding carboxylic acids is 2. The van der Waals surface area contributed by atoms with Gasteiger partial charge in [-0.15, -0.1) is 0 Å². The van der Waals surface area contributed by atoms with Crippen molar-refractivity contribution >= 4 is 45.1 Å². The van der Waals surface area contributed by atoms with E-state index >= 15 is 0 Å². The number of nitrogens with one attached hydrogen (secondary N) is 2. The first kappa shape index (κ1) is 17.2. The second kappa shape index (κ2) is 7.06. The Morgan fingerprint density at radius 2 is 1.92 bits per heavy atom. The number of benzene rings is 2. The standard InChI is InChI=1S/C18H15BrN2O4/c19-12-5-7-15(13(9-12)18(24)25)21-17(23)11-4-6-14-10(8-11)2-1-3-16(22)20-14/h4-9H,1-3H2,(H,20,22)(H,21,23)(H,24,25). The normalized spacial score (nSPS) is 13.4. The van der Waals surface area contributed by atoms with Gasteiger partial charge in [-0.05, 0) is 54.8 Å². The molecule has 3 N–H and O–H groups in total. The molecule has 0 atom stereocenters. The number of hydrogen-bond acceptors (Lipinski definition) is 3. The smallest absolute Gasteiger partial charge is 0.337 e. The second-order valence-corrected chi connectivity index (χ2v) is 6.64. The number of rotatable bonds is 3. The topological polar surface area (TPSA) is 95.5 Å². The fraction of sp³-hybridized carbons (Fsp3) is 0.167. The quantitative estimate of drug-likeness (QED) is 0.729. The highest BCUT2D eigenvalue weighted by Crippen LogP contribution is 2.25. The van der Waals surface area contributed by atoms with Crippen LogP contribution in [0.5, 0.6) is 0 Å². The van der Waals surface area contributed by atoms with Gasteiger partial charge in [0, 0.05) is 22.1 Å². The van der Waals surface area contributed by atoms with Crippen LogP contribution in [0.3, 0.4) is 0 Å². The molecule has 0 fully saturated rings. The van der Waals surface area contributed by atoms with E-state index in [-0.39, 0.29) is 17.2 Å². The third-order valence-electron chi connectivity index (χ3n) is 3.95. The molecule has 25 heavy (non-hydrogen) atoms. The van der Waals surface area contributed by atoms with Gasteiger partial charge in [-0.25, -0.2) is 4.79 Å². The van der Waals surface area contributed by atoms with E-state index in [9.17, 15) is 19.5 Å². The molecular formula is C18H15BrN2O4. The SMILES string of the molecule is O=C1CCCc2cc(C(=O)Nc3ccc(Br)cc3C(=O)O)ccc2N1. The number of fused-ring (bicyclic) bond motifs is 1. The molecule has 1 aliphatic heterocycles. The lowest BCUT2D eigenvalue weighted by atomic mass is 10.0. The molecule has 0 aliphatic carbocycles. The minimum absolute atomic E-state index is 0.00440. The summed E-state index contributed by atoms with van der Waals surface area (Å²) in [6, 6.07) is 9.68. The fourth-order valence-corrected chi connectivity index (χ4v) is 3.07. The van der Waals surface area contributed by atoms with Crippen molar-refractivity contribution < 1.29 is 19.5 Å². The van der Waals surface area contributed by atoms with Gasteiger partial charge in [0.25, 0.3) is 5.91 Å². The fourth-order valence-electron chi connectivity index (χ4n) is 2.71. The van der Waals surface area contributed by atoms with Gasteiger partial charge in [0.05, 0.1) is 11.3 Å². The molecule has 0 radical (unpaired) electrons. The van der Waals surface area contributed by atoms with Gasteiger partial charge < -0.3 is 15.7 Å². The van der Waals surface area contributed by atoms with Crippen molar-refractivity contribution in [3.63, 3.8) is 0 Å². The van der Waals surface area contributed by atoms with Gasteiger partial charge >= 0.3 is 5.97 Å². The number of carbonyl (C=O) groups is 3. The maximum absolute atomic E-state index is 12.5. The Morgan fingerprint density at radius 1 is 1.12 bits per heavy atom. The molecule has 0 unspecified atom stereocenters. The Bertz CT molecular complexity index is 879. The Balaban J connectivity index is 1.86. The number of hydrogen-bond donors (Lipinski definition) is 3. The highest BCUT2D eigenvalue weighted by Gasteiger charge is 2.17. The maximum atomic E-state index is 12.5. The van der Waals surface area contributed by atoms with Crippen LogP contribution in [0.15, 0.2) is 40.9 Å². The summed E-state index contributed by atoms with van der Waals surface area (Å²) >= 11 is 3.22. The molecule has 0 saturated carbocycles. The lowest BCUT2D eigenvalue weighted by Gasteiger charge is -2.11. The van der Waals surface area contributed by atoms with Gasteiger partial charge in [0.1, 0.15) is 0 Å². The molecule has 3 rings (SSSR count). The van der Waals surface area contributed by atoms with Crippen LogP contribution >= 0.6 is 15.9 Å². The van der Waals surface area contributed by atoms with Gasteiger partial charge in [-0.3, -0.25) is 9.59 Å². The summed E-state index contributed by atoms with van der Waals surface area (Å²) in [5, 5.41) is 14.7. The average molecular weight is 403 g/mol. The van der Waals surface area contributed by atoms with E-state index in [0.29, 0.717) is 28.6 Å². The first-order valence-corrected chi connectivity index (χ1v) is 8.50. The Morgan fingerprint density at radius 3 is 2.68 bits per heavy atom. The predicted molar refractivity (Wildman–Crippen MR) is 97.1 cm³/mol. The highest BCUT2D eigenvalue weighted by atomic mass is 79.9. The van der Waals surface area contributed by atoms with Crippen molar-refractivity contribution in [2.45, 2.75) is 19.3 Å². The number of carboxylic acid groups (broad SMARTS) is 1. The zero-order chi connectivity index (χ0) is 18.0. The van der Waals surface area contributed by atoms with Crippen molar-refractivity contribution in [3.8, 4) is 0 Å². The average Bonchev–Trinajstić information content (AvgIpc) is 2.76. The Kier molecular flexibility index (Phi) is 4.85. The summed E-state index contributed by atoms with van der Waals surface area (Å²) in [5.41, 5.74) is 2.25. The van der Waals surface area contributed by atoms with E-state index in [1.54, 1.807) is 24.3 Å². The predicted octanol–water partition coefficient (Wildman–Crippen LogP) is 3.67. The zero-order valence-electron chi connectivity index (χ0n) is 13.1. The summed E-state index contributed by atoms with van der Waals surface area (Å²) in [6.07, 6.45) is 1.88. The minimum Gasteiger partial charge on any atom is -0.478 e. The monoisotopic (exact) mass is 402 g/mol. The van der Waals surface area contributed by atoms with E-state index in [1.165, 1.54) is 12.1 Å². The molecule has 1 aliphatic rings. The van der Waals surface area contributed by atoms with E-state index < -0.39 is 11.9 Å². The molecule has 0 saturated heterocycles. The molecular weight excluding hydrogens is 388 g/mol. The number of carboxylic acids is 1. The zero-order valence-corrected chi connectivity index (χ0v) is 14.7. The van der Waals surface area contributed by atoms with Crippen LogP contribution in [0.1, 0.15) is 39.1 Å². The molecule has 2 aromatic carbocycles. The Hall–Kier alpha value is -2.67. The third-order valence-corrected chi connectivity index (χ3v) is 4.44. The molecule has 2 aromatic rings. The van der Waals surface area contributed by atoms with Crippen LogP contribution in [-0.2, 0) is 11.2 Å².